The number of fused-ring (bicyclic) bond motifs is 3. The van der Waals surface area contributed by atoms with Crippen LogP contribution in [0.25, 0.3) is 10.4 Å². The zero-order valence-corrected chi connectivity index (χ0v) is 17.9. The van der Waals surface area contributed by atoms with Gasteiger partial charge in [-0.1, -0.05) is 22.9 Å². The quantitative estimate of drug-likeness (QED) is 0.735. The highest BCUT2D eigenvalue weighted by atomic mass is 35.5. The summed E-state index contributed by atoms with van der Waals surface area (Å²) < 4.78 is 19.8. The lowest BCUT2D eigenvalue weighted by Crippen LogP contribution is -2.61. The van der Waals surface area contributed by atoms with Crippen molar-refractivity contribution in [3.63, 3.8) is 0 Å². The Labute approximate surface area is 168 Å². The molecule has 2 aromatic rings. The van der Waals surface area contributed by atoms with Crippen LogP contribution in [0.1, 0.15) is 46.1 Å². The molecule has 4 nitrogen and oxygen atoms in total. The van der Waals surface area contributed by atoms with Gasteiger partial charge in [0, 0.05) is 29.7 Å². The second kappa shape index (κ2) is 6.33. The SMILES string of the molecule is CN(c1nc2c(s1)-c1cc(F)c(Cl)cc1CO2)C1CC(C)(C)NC(C)(C)C1. The molecule has 0 bridgehead atoms. The fourth-order valence-corrected chi connectivity index (χ4v) is 5.76. The van der Waals surface area contributed by atoms with Gasteiger partial charge in [-0.15, -0.1) is 0 Å². The van der Waals surface area contributed by atoms with Crippen LogP contribution in [-0.4, -0.2) is 29.2 Å². The summed E-state index contributed by atoms with van der Waals surface area (Å²) in [4.78, 5) is 7.85. The van der Waals surface area contributed by atoms with Gasteiger partial charge in [-0.05, 0) is 58.2 Å². The second-order valence-electron chi connectivity index (χ2n) is 8.91. The predicted octanol–water partition coefficient (Wildman–Crippen LogP) is 5.24. The number of piperidine rings is 1. The summed E-state index contributed by atoms with van der Waals surface area (Å²) in [7, 11) is 2.09. The molecule has 0 unspecified atom stereocenters. The molecule has 0 amide bonds. The molecule has 4 rings (SSSR count). The number of thiazole rings is 1. The van der Waals surface area contributed by atoms with Gasteiger partial charge >= 0.3 is 0 Å². The molecular formula is C20H25ClFN3OS. The van der Waals surface area contributed by atoms with Crippen LogP contribution in [-0.2, 0) is 6.61 Å². The molecule has 1 fully saturated rings. The van der Waals surface area contributed by atoms with Crippen molar-refractivity contribution < 1.29 is 9.13 Å². The van der Waals surface area contributed by atoms with Crippen LogP contribution in [0.5, 0.6) is 5.88 Å². The summed E-state index contributed by atoms with van der Waals surface area (Å²) in [6.07, 6.45) is 2.05. The van der Waals surface area contributed by atoms with Crippen LogP contribution in [0.4, 0.5) is 9.52 Å². The summed E-state index contributed by atoms with van der Waals surface area (Å²) in [5, 5.41) is 4.75. The third-order valence-electron chi connectivity index (χ3n) is 5.36. The van der Waals surface area contributed by atoms with Gasteiger partial charge in [0.05, 0.1) is 5.02 Å². The van der Waals surface area contributed by atoms with Gasteiger partial charge in [0.2, 0.25) is 5.88 Å². The van der Waals surface area contributed by atoms with Crippen molar-refractivity contribution in [2.75, 3.05) is 11.9 Å². The molecule has 0 radical (unpaired) electrons. The Morgan fingerprint density at radius 3 is 2.59 bits per heavy atom. The van der Waals surface area contributed by atoms with Crippen molar-refractivity contribution in [3.05, 3.63) is 28.5 Å². The molecule has 1 saturated heterocycles. The molecule has 2 aliphatic rings. The number of rotatable bonds is 2. The van der Waals surface area contributed by atoms with E-state index in [-0.39, 0.29) is 16.1 Å². The lowest BCUT2D eigenvalue weighted by Gasteiger charge is -2.48. The van der Waals surface area contributed by atoms with Crippen molar-refractivity contribution in [1.29, 1.82) is 0 Å². The first kappa shape index (κ1) is 19.0. The van der Waals surface area contributed by atoms with Gasteiger partial charge in [0.25, 0.3) is 0 Å². The topological polar surface area (TPSA) is 37.4 Å². The van der Waals surface area contributed by atoms with Crippen molar-refractivity contribution in [1.82, 2.24) is 10.3 Å². The van der Waals surface area contributed by atoms with Crippen LogP contribution in [0.2, 0.25) is 5.02 Å². The summed E-state index contributed by atoms with van der Waals surface area (Å²) in [6, 6.07) is 3.51. The smallest absolute Gasteiger partial charge is 0.234 e. The molecule has 1 aromatic heterocycles. The average Bonchev–Trinajstić information content (AvgIpc) is 2.97. The molecule has 0 atom stereocenters. The van der Waals surface area contributed by atoms with E-state index in [0.29, 0.717) is 18.5 Å². The van der Waals surface area contributed by atoms with Crippen molar-refractivity contribution in [2.45, 2.75) is 64.3 Å². The summed E-state index contributed by atoms with van der Waals surface area (Å²) in [6.45, 7) is 9.34. The minimum absolute atomic E-state index is 0.0561. The lowest BCUT2D eigenvalue weighted by atomic mass is 9.79. The standard InChI is InChI=1S/C20H25ClFN3OS/c1-19(2)8-12(9-20(3,4)24-19)25(5)18-23-17-16(27-18)13-7-15(22)14(21)6-11(13)10-26-17/h6-7,12,24H,8-10H2,1-5H3. The maximum absolute atomic E-state index is 14.0. The van der Waals surface area contributed by atoms with Crippen molar-refractivity contribution in [2.24, 2.45) is 0 Å². The van der Waals surface area contributed by atoms with E-state index in [1.54, 1.807) is 17.4 Å². The molecule has 146 valence electrons. The lowest BCUT2D eigenvalue weighted by molar-refractivity contribution is 0.161. The Hall–Kier alpha value is -1.37. The molecule has 7 heteroatoms. The normalized spacial score (nSPS) is 20.6. The maximum atomic E-state index is 14.0. The molecule has 0 spiro atoms. The monoisotopic (exact) mass is 409 g/mol. The zero-order chi connectivity index (χ0) is 19.6. The van der Waals surface area contributed by atoms with E-state index >= 15 is 0 Å². The summed E-state index contributed by atoms with van der Waals surface area (Å²) in [5.74, 6) is 0.178. The molecule has 2 aliphatic heterocycles. The summed E-state index contributed by atoms with van der Waals surface area (Å²) >= 11 is 7.48. The Kier molecular flexibility index (Phi) is 4.44. The number of hydrogen-bond acceptors (Lipinski definition) is 5. The van der Waals surface area contributed by atoms with Gasteiger partial charge in [-0.2, -0.15) is 4.98 Å². The number of halogens is 2. The minimum atomic E-state index is -0.409. The van der Waals surface area contributed by atoms with Gasteiger partial charge < -0.3 is 15.0 Å². The second-order valence-corrected chi connectivity index (χ2v) is 10.3. The number of anilines is 1. The molecule has 1 aromatic carbocycles. The highest BCUT2D eigenvalue weighted by molar-refractivity contribution is 7.19. The maximum Gasteiger partial charge on any atom is 0.234 e. The third kappa shape index (κ3) is 3.55. The minimum Gasteiger partial charge on any atom is -0.472 e. The first-order valence-electron chi connectivity index (χ1n) is 9.19. The van der Waals surface area contributed by atoms with Crippen molar-refractivity contribution >= 4 is 28.1 Å². The summed E-state index contributed by atoms with van der Waals surface area (Å²) in [5.41, 5.74) is 1.85. The van der Waals surface area contributed by atoms with E-state index in [1.165, 1.54) is 6.07 Å². The molecular weight excluding hydrogens is 385 g/mol. The largest absolute Gasteiger partial charge is 0.472 e. The van der Waals surface area contributed by atoms with Gasteiger partial charge in [0.15, 0.2) is 5.13 Å². The van der Waals surface area contributed by atoms with Crippen molar-refractivity contribution in [3.8, 4) is 16.3 Å². The number of aromatic nitrogens is 1. The fraction of sp³-hybridized carbons (Fsp3) is 0.550. The Morgan fingerprint density at radius 1 is 1.26 bits per heavy atom. The number of nitrogens with zero attached hydrogens (tertiary/aromatic N) is 2. The fourth-order valence-electron chi connectivity index (χ4n) is 4.48. The molecule has 27 heavy (non-hydrogen) atoms. The Balaban J connectivity index is 1.67. The highest BCUT2D eigenvalue weighted by Crippen LogP contribution is 2.46. The predicted molar refractivity (Wildman–Crippen MR) is 110 cm³/mol. The highest BCUT2D eigenvalue weighted by Gasteiger charge is 2.40. The molecule has 1 N–H and O–H groups in total. The molecule has 3 heterocycles. The molecule has 0 saturated carbocycles. The van der Waals surface area contributed by atoms with E-state index in [1.807, 2.05) is 0 Å². The van der Waals surface area contributed by atoms with Crippen LogP contribution in [0, 0.1) is 5.82 Å². The van der Waals surface area contributed by atoms with Gasteiger partial charge in [0.1, 0.15) is 17.3 Å². The third-order valence-corrected chi connectivity index (χ3v) is 6.81. The van der Waals surface area contributed by atoms with Crippen LogP contribution in [0.3, 0.4) is 0 Å². The number of ether oxygens (including phenoxy) is 1. The van der Waals surface area contributed by atoms with E-state index in [4.69, 9.17) is 21.3 Å². The van der Waals surface area contributed by atoms with Crippen LogP contribution in [0.15, 0.2) is 12.1 Å². The van der Waals surface area contributed by atoms with Gasteiger partial charge in [-0.25, -0.2) is 4.39 Å². The van der Waals surface area contributed by atoms with Gasteiger partial charge in [-0.3, -0.25) is 0 Å². The van der Waals surface area contributed by atoms with E-state index in [9.17, 15) is 4.39 Å². The van der Waals surface area contributed by atoms with Crippen LogP contribution >= 0.6 is 22.9 Å². The number of hydrogen-bond donors (Lipinski definition) is 1. The first-order chi connectivity index (χ1) is 12.5. The Morgan fingerprint density at radius 2 is 1.93 bits per heavy atom. The van der Waals surface area contributed by atoms with E-state index < -0.39 is 5.82 Å². The van der Waals surface area contributed by atoms with E-state index in [2.05, 4.69) is 45.0 Å². The first-order valence-corrected chi connectivity index (χ1v) is 10.4. The molecule has 0 aliphatic carbocycles. The number of nitrogens with one attached hydrogen (secondary N) is 1. The number of benzene rings is 1. The van der Waals surface area contributed by atoms with Crippen LogP contribution < -0.4 is 15.0 Å². The zero-order valence-electron chi connectivity index (χ0n) is 16.3. The average molecular weight is 410 g/mol. The van der Waals surface area contributed by atoms with E-state index in [0.717, 1.165) is 34.0 Å². The Bertz CT molecular complexity index is 880.